The highest BCUT2D eigenvalue weighted by Gasteiger charge is 2.37. The maximum atomic E-state index is 12.0. The number of hydrogen-bond donors (Lipinski definition) is 2. The summed E-state index contributed by atoms with van der Waals surface area (Å²) in [4.78, 5) is 36.1. The van der Waals surface area contributed by atoms with Crippen LogP contribution < -0.4 is 11.1 Å². The molecule has 1 fully saturated rings. The normalized spacial score (nSPS) is 18.8. The van der Waals surface area contributed by atoms with Gasteiger partial charge in [-0.1, -0.05) is 0 Å². The molecule has 6 heteroatoms. The lowest BCUT2D eigenvalue weighted by Crippen LogP contribution is -2.40. The smallest absolute Gasteiger partial charge is 0.252 e. The summed E-state index contributed by atoms with van der Waals surface area (Å²) in [5.41, 5.74) is 7.39. The van der Waals surface area contributed by atoms with Crippen LogP contribution in [0.15, 0.2) is 18.2 Å². The third-order valence-corrected chi connectivity index (χ3v) is 3.05. The van der Waals surface area contributed by atoms with Crippen LogP contribution in [0.2, 0.25) is 0 Å². The van der Waals surface area contributed by atoms with Gasteiger partial charge in [-0.3, -0.25) is 19.3 Å². The highest BCUT2D eigenvalue weighted by atomic mass is 16.2. The van der Waals surface area contributed by atoms with E-state index in [1.165, 1.54) is 13.1 Å². The number of carbonyl (C=O) groups excluding carboxylic acids is 3. The van der Waals surface area contributed by atoms with Crippen LogP contribution in [0, 0.1) is 6.92 Å². The number of nitrogens with one attached hydrogen (secondary N) is 1. The minimum atomic E-state index is -0.785. The fraction of sp³-hybridized carbons (Fsp3) is 0.308. The molecule has 0 aliphatic carbocycles. The van der Waals surface area contributed by atoms with Gasteiger partial charge in [-0.05, 0) is 30.7 Å². The zero-order valence-electron chi connectivity index (χ0n) is 10.8. The van der Waals surface area contributed by atoms with Crippen LogP contribution in [-0.4, -0.2) is 35.7 Å². The molecule has 6 nitrogen and oxygen atoms in total. The standard InChI is InChI=1S/C13H15N3O3/c1-7-3-8(5-9(14)4-7)12(18)15-10-6-11(17)16(2)13(10)19/h3-5,10H,6,14H2,1-2H3,(H,15,18). The van der Waals surface area contributed by atoms with Crippen LogP contribution >= 0.6 is 0 Å². The summed E-state index contributed by atoms with van der Waals surface area (Å²) in [6, 6.07) is 4.17. The van der Waals surface area contributed by atoms with Crippen molar-refractivity contribution < 1.29 is 14.4 Å². The fourth-order valence-electron chi connectivity index (χ4n) is 2.05. The molecular weight excluding hydrogens is 246 g/mol. The van der Waals surface area contributed by atoms with Crippen molar-refractivity contribution in [3.8, 4) is 0 Å². The van der Waals surface area contributed by atoms with Crippen LogP contribution in [0.3, 0.4) is 0 Å². The van der Waals surface area contributed by atoms with E-state index < -0.39 is 11.9 Å². The SMILES string of the molecule is Cc1cc(N)cc(C(=O)NC2CC(=O)N(C)C2=O)c1. The Bertz CT molecular complexity index is 548. The lowest BCUT2D eigenvalue weighted by atomic mass is 10.1. The molecule has 1 aliphatic rings. The number of rotatable bonds is 2. The molecule has 0 aromatic heterocycles. The highest BCUT2D eigenvalue weighted by molar-refractivity contribution is 6.08. The van der Waals surface area contributed by atoms with Gasteiger partial charge in [-0.15, -0.1) is 0 Å². The lowest BCUT2D eigenvalue weighted by Gasteiger charge is -2.11. The summed E-state index contributed by atoms with van der Waals surface area (Å²) in [6.45, 7) is 1.82. The van der Waals surface area contributed by atoms with Crippen molar-refractivity contribution in [2.24, 2.45) is 0 Å². The van der Waals surface area contributed by atoms with E-state index in [-0.39, 0.29) is 18.2 Å². The number of imide groups is 1. The van der Waals surface area contributed by atoms with Crippen LogP contribution in [0.1, 0.15) is 22.3 Å². The number of carbonyl (C=O) groups is 3. The monoisotopic (exact) mass is 261 g/mol. The van der Waals surface area contributed by atoms with Crippen molar-refractivity contribution in [3.63, 3.8) is 0 Å². The quantitative estimate of drug-likeness (QED) is 0.582. The predicted octanol–water partition coefficient (Wildman–Crippen LogP) is 0.0643. The number of likely N-dealkylation sites (tertiary alicyclic amines) is 1. The first-order valence-electron chi connectivity index (χ1n) is 5.87. The summed E-state index contributed by atoms with van der Waals surface area (Å²) in [5, 5.41) is 2.55. The van der Waals surface area contributed by atoms with Crippen molar-refractivity contribution >= 4 is 23.4 Å². The zero-order valence-corrected chi connectivity index (χ0v) is 10.8. The molecule has 0 spiro atoms. The van der Waals surface area contributed by atoms with Crippen LogP contribution in [0.25, 0.3) is 0 Å². The average molecular weight is 261 g/mol. The molecule has 1 aromatic carbocycles. The molecule has 3 N–H and O–H groups in total. The van der Waals surface area contributed by atoms with Crippen molar-refractivity contribution in [1.29, 1.82) is 0 Å². The number of nitrogen functional groups attached to an aromatic ring is 1. The maximum Gasteiger partial charge on any atom is 0.252 e. The number of hydrogen-bond acceptors (Lipinski definition) is 4. The third kappa shape index (κ3) is 2.57. The van der Waals surface area contributed by atoms with E-state index in [4.69, 9.17) is 5.73 Å². The lowest BCUT2D eigenvalue weighted by molar-refractivity contribution is -0.137. The number of amides is 3. The first-order chi connectivity index (χ1) is 8.88. The Balaban J connectivity index is 2.14. The Hall–Kier alpha value is -2.37. The van der Waals surface area contributed by atoms with Gasteiger partial charge in [0.1, 0.15) is 6.04 Å². The molecule has 19 heavy (non-hydrogen) atoms. The molecule has 3 amide bonds. The van der Waals surface area contributed by atoms with Crippen LogP contribution in [0.4, 0.5) is 5.69 Å². The van der Waals surface area contributed by atoms with Gasteiger partial charge in [0, 0.05) is 18.3 Å². The molecule has 1 unspecified atom stereocenters. The molecule has 1 saturated heterocycles. The van der Waals surface area contributed by atoms with Gasteiger partial charge in [0.2, 0.25) is 5.91 Å². The number of likely N-dealkylation sites (N-methyl/N-ethyl adjacent to an activating group) is 1. The van der Waals surface area contributed by atoms with E-state index in [9.17, 15) is 14.4 Å². The molecule has 0 saturated carbocycles. The van der Waals surface area contributed by atoms with Gasteiger partial charge < -0.3 is 11.1 Å². The number of nitrogens with zero attached hydrogens (tertiary/aromatic N) is 1. The largest absolute Gasteiger partial charge is 0.399 e. The van der Waals surface area contributed by atoms with Crippen molar-refractivity contribution in [2.75, 3.05) is 12.8 Å². The summed E-state index contributed by atoms with van der Waals surface area (Å²) in [5.74, 6) is -1.09. The minimum absolute atomic E-state index is 0.00235. The molecule has 2 rings (SSSR count). The fourth-order valence-corrected chi connectivity index (χ4v) is 2.05. The zero-order chi connectivity index (χ0) is 14.2. The molecule has 1 atom stereocenters. The van der Waals surface area contributed by atoms with Crippen molar-refractivity contribution in [2.45, 2.75) is 19.4 Å². The third-order valence-electron chi connectivity index (χ3n) is 3.05. The van der Waals surface area contributed by atoms with E-state index in [1.54, 1.807) is 12.1 Å². The highest BCUT2D eigenvalue weighted by Crippen LogP contribution is 2.14. The molecule has 0 bridgehead atoms. The molecular formula is C13H15N3O3. The Morgan fingerprint density at radius 2 is 2.05 bits per heavy atom. The predicted molar refractivity (Wildman–Crippen MR) is 69.2 cm³/mol. The molecule has 1 aliphatic heterocycles. The van der Waals surface area contributed by atoms with E-state index in [2.05, 4.69) is 5.32 Å². The van der Waals surface area contributed by atoms with E-state index in [0.29, 0.717) is 11.3 Å². The van der Waals surface area contributed by atoms with Gasteiger partial charge in [0.05, 0.1) is 6.42 Å². The second-order valence-corrected chi connectivity index (χ2v) is 4.65. The minimum Gasteiger partial charge on any atom is -0.399 e. The van der Waals surface area contributed by atoms with Gasteiger partial charge >= 0.3 is 0 Å². The molecule has 100 valence electrons. The Morgan fingerprint density at radius 3 is 2.58 bits per heavy atom. The Morgan fingerprint density at radius 1 is 1.37 bits per heavy atom. The first kappa shape index (κ1) is 13.1. The molecule has 0 radical (unpaired) electrons. The average Bonchev–Trinajstić information content (AvgIpc) is 2.56. The second kappa shape index (κ2) is 4.72. The number of aryl methyl sites for hydroxylation is 1. The van der Waals surface area contributed by atoms with E-state index in [1.807, 2.05) is 6.92 Å². The molecule has 1 aromatic rings. The van der Waals surface area contributed by atoms with Gasteiger partial charge in [0.15, 0.2) is 0 Å². The summed E-state index contributed by atoms with van der Waals surface area (Å²) < 4.78 is 0. The topological polar surface area (TPSA) is 92.5 Å². The summed E-state index contributed by atoms with van der Waals surface area (Å²) in [7, 11) is 1.40. The Kier molecular flexibility index (Phi) is 3.25. The van der Waals surface area contributed by atoms with Crippen molar-refractivity contribution in [1.82, 2.24) is 10.2 Å². The first-order valence-corrected chi connectivity index (χ1v) is 5.87. The van der Waals surface area contributed by atoms with Gasteiger partial charge in [0.25, 0.3) is 11.8 Å². The second-order valence-electron chi connectivity index (χ2n) is 4.65. The summed E-state index contributed by atoms with van der Waals surface area (Å²) >= 11 is 0. The van der Waals surface area contributed by atoms with Gasteiger partial charge in [-0.25, -0.2) is 0 Å². The maximum absolute atomic E-state index is 12.0. The van der Waals surface area contributed by atoms with Crippen LogP contribution in [0.5, 0.6) is 0 Å². The van der Waals surface area contributed by atoms with Crippen LogP contribution in [-0.2, 0) is 9.59 Å². The Labute approximate surface area is 110 Å². The number of nitrogens with two attached hydrogens (primary N) is 1. The number of benzene rings is 1. The van der Waals surface area contributed by atoms with Crippen molar-refractivity contribution in [3.05, 3.63) is 29.3 Å². The van der Waals surface area contributed by atoms with Gasteiger partial charge in [-0.2, -0.15) is 0 Å². The number of anilines is 1. The summed E-state index contributed by atoms with van der Waals surface area (Å²) in [6.07, 6.45) is 0.00235. The molecule has 1 heterocycles. The van der Waals surface area contributed by atoms with E-state index >= 15 is 0 Å². The van der Waals surface area contributed by atoms with E-state index in [0.717, 1.165) is 10.5 Å².